The lowest BCUT2D eigenvalue weighted by atomic mass is 10.1. The van der Waals surface area contributed by atoms with Gasteiger partial charge in [0.15, 0.2) is 11.5 Å². The van der Waals surface area contributed by atoms with Gasteiger partial charge < -0.3 is 9.47 Å². The van der Waals surface area contributed by atoms with Gasteiger partial charge >= 0.3 is 0 Å². The van der Waals surface area contributed by atoms with Gasteiger partial charge in [-0.05, 0) is 34.9 Å². The first-order valence-corrected chi connectivity index (χ1v) is 8.95. The van der Waals surface area contributed by atoms with E-state index in [2.05, 4.69) is 10.5 Å². The molecule has 5 heteroatoms. The largest absolute Gasteiger partial charge is 0.493 e. The third-order valence-electron chi connectivity index (χ3n) is 4.04. The van der Waals surface area contributed by atoms with Crippen molar-refractivity contribution in [3.8, 4) is 11.5 Å². The van der Waals surface area contributed by atoms with E-state index in [1.54, 1.807) is 13.3 Å². The molecule has 142 valence electrons. The number of nitrogens with one attached hydrogen (secondary N) is 1. The predicted molar refractivity (Wildman–Crippen MR) is 110 cm³/mol. The molecule has 0 saturated heterocycles. The van der Waals surface area contributed by atoms with Gasteiger partial charge in [0.2, 0.25) is 5.91 Å². The van der Waals surface area contributed by atoms with Gasteiger partial charge in [-0.25, -0.2) is 5.43 Å². The van der Waals surface area contributed by atoms with Crippen molar-refractivity contribution in [1.82, 2.24) is 5.43 Å². The Labute approximate surface area is 164 Å². The van der Waals surface area contributed by atoms with Crippen LogP contribution in [-0.2, 0) is 17.8 Å². The van der Waals surface area contributed by atoms with Gasteiger partial charge in [-0.1, -0.05) is 60.7 Å². The van der Waals surface area contributed by atoms with Crippen LogP contribution in [-0.4, -0.2) is 19.2 Å². The van der Waals surface area contributed by atoms with Crippen molar-refractivity contribution >= 4 is 12.1 Å². The summed E-state index contributed by atoms with van der Waals surface area (Å²) in [5, 5.41) is 4.02. The molecule has 0 saturated carbocycles. The summed E-state index contributed by atoms with van der Waals surface area (Å²) in [4.78, 5) is 11.9. The van der Waals surface area contributed by atoms with E-state index in [4.69, 9.17) is 9.47 Å². The van der Waals surface area contributed by atoms with Crippen LogP contribution in [0.15, 0.2) is 84.0 Å². The van der Waals surface area contributed by atoms with Crippen LogP contribution >= 0.6 is 0 Å². The number of amides is 1. The average molecular weight is 374 g/mol. The molecule has 0 spiro atoms. The average Bonchev–Trinajstić information content (AvgIpc) is 2.74. The zero-order valence-corrected chi connectivity index (χ0v) is 15.7. The molecular weight excluding hydrogens is 352 g/mol. The lowest BCUT2D eigenvalue weighted by Crippen LogP contribution is -2.19. The predicted octanol–water partition coefficient (Wildman–Crippen LogP) is 3.97. The minimum Gasteiger partial charge on any atom is -0.493 e. The number of benzene rings is 3. The Bertz CT molecular complexity index is 925. The maximum Gasteiger partial charge on any atom is 0.244 e. The van der Waals surface area contributed by atoms with E-state index in [-0.39, 0.29) is 12.3 Å². The molecule has 3 aromatic rings. The van der Waals surface area contributed by atoms with Crippen molar-refractivity contribution in [3.63, 3.8) is 0 Å². The number of rotatable bonds is 8. The van der Waals surface area contributed by atoms with Crippen LogP contribution in [0, 0.1) is 0 Å². The minimum atomic E-state index is -0.169. The smallest absolute Gasteiger partial charge is 0.244 e. The molecule has 0 aliphatic rings. The standard InChI is InChI=1S/C23H22N2O3/c1-27-22-14-20(12-13-21(22)28-17-19-10-6-3-7-11-19)16-24-25-23(26)15-18-8-4-2-5-9-18/h2-14,16H,15,17H2,1H3,(H,25,26). The number of ether oxygens (including phenoxy) is 2. The van der Waals surface area contributed by atoms with Gasteiger partial charge in [0, 0.05) is 0 Å². The van der Waals surface area contributed by atoms with Gasteiger partial charge in [-0.2, -0.15) is 5.10 Å². The highest BCUT2D eigenvalue weighted by Gasteiger charge is 2.06. The quantitative estimate of drug-likeness (QED) is 0.479. The zero-order chi connectivity index (χ0) is 19.6. The summed E-state index contributed by atoms with van der Waals surface area (Å²) in [5.74, 6) is 1.09. The normalized spacial score (nSPS) is 10.6. The zero-order valence-electron chi connectivity index (χ0n) is 15.7. The Hall–Kier alpha value is -3.60. The monoisotopic (exact) mass is 374 g/mol. The van der Waals surface area contributed by atoms with Crippen LogP contribution in [0.4, 0.5) is 0 Å². The molecule has 5 nitrogen and oxygen atoms in total. The summed E-state index contributed by atoms with van der Waals surface area (Å²) >= 11 is 0. The Morgan fingerprint density at radius 2 is 1.61 bits per heavy atom. The van der Waals surface area contributed by atoms with Crippen molar-refractivity contribution in [3.05, 3.63) is 95.6 Å². The van der Waals surface area contributed by atoms with Crippen molar-refractivity contribution in [2.45, 2.75) is 13.0 Å². The molecule has 0 radical (unpaired) electrons. The van der Waals surface area contributed by atoms with Crippen molar-refractivity contribution in [2.24, 2.45) is 5.10 Å². The lowest BCUT2D eigenvalue weighted by molar-refractivity contribution is -0.120. The molecule has 0 unspecified atom stereocenters. The molecular formula is C23H22N2O3. The summed E-state index contributed by atoms with van der Waals surface area (Å²) in [6.07, 6.45) is 1.86. The highest BCUT2D eigenvalue weighted by atomic mass is 16.5. The number of methoxy groups -OCH3 is 1. The molecule has 1 N–H and O–H groups in total. The topological polar surface area (TPSA) is 59.9 Å². The molecule has 0 fully saturated rings. The number of nitrogens with zero attached hydrogens (tertiary/aromatic N) is 1. The van der Waals surface area contributed by atoms with Crippen LogP contribution in [0.2, 0.25) is 0 Å². The maximum atomic E-state index is 11.9. The SMILES string of the molecule is COc1cc(C=NNC(=O)Cc2ccccc2)ccc1OCc1ccccc1. The van der Waals surface area contributed by atoms with E-state index < -0.39 is 0 Å². The van der Waals surface area contributed by atoms with Crippen LogP contribution < -0.4 is 14.9 Å². The molecule has 0 aliphatic heterocycles. The van der Waals surface area contributed by atoms with Crippen LogP contribution in [0.3, 0.4) is 0 Å². The van der Waals surface area contributed by atoms with Crippen LogP contribution in [0.5, 0.6) is 11.5 Å². The fraction of sp³-hybridized carbons (Fsp3) is 0.130. The molecule has 0 bridgehead atoms. The number of hydrogen-bond donors (Lipinski definition) is 1. The van der Waals surface area contributed by atoms with E-state index in [0.29, 0.717) is 18.1 Å². The number of carbonyl (C=O) groups is 1. The third kappa shape index (κ3) is 5.71. The molecule has 28 heavy (non-hydrogen) atoms. The van der Waals surface area contributed by atoms with Crippen molar-refractivity contribution in [1.29, 1.82) is 0 Å². The Morgan fingerprint density at radius 1 is 0.929 bits per heavy atom. The van der Waals surface area contributed by atoms with E-state index in [1.165, 1.54) is 0 Å². The lowest BCUT2D eigenvalue weighted by Gasteiger charge is -2.11. The molecule has 3 rings (SSSR count). The fourth-order valence-electron chi connectivity index (χ4n) is 2.62. The van der Waals surface area contributed by atoms with E-state index in [1.807, 2.05) is 78.9 Å². The summed E-state index contributed by atoms with van der Waals surface area (Å²) in [7, 11) is 1.59. The van der Waals surface area contributed by atoms with Gasteiger partial charge in [0.05, 0.1) is 19.7 Å². The first-order chi connectivity index (χ1) is 13.7. The third-order valence-corrected chi connectivity index (χ3v) is 4.04. The van der Waals surface area contributed by atoms with E-state index in [0.717, 1.165) is 16.7 Å². The first-order valence-electron chi connectivity index (χ1n) is 8.95. The second-order valence-electron chi connectivity index (χ2n) is 6.14. The van der Waals surface area contributed by atoms with Crippen molar-refractivity contribution < 1.29 is 14.3 Å². The van der Waals surface area contributed by atoms with E-state index in [9.17, 15) is 4.79 Å². The molecule has 1 amide bonds. The fourth-order valence-corrected chi connectivity index (χ4v) is 2.62. The molecule has 0 heterocycles. The van der Waals surface area contributed by atoms with Crippen molar-refractivity contribution in [2.75, 3.05) is 7.11 Å². The highest BCUT2D eigenvalue weighted by molar-refractivity contribution is 5.84. The Kier molecular flexibility index (Phi) is 6.79. The number of hydrogen-bond acceptors (Lipinski definition) is 4. The second kappa shape index (κ2) is 9.92. The number of carbonyl (C=O) groups excluding carboxylic acids is 1. The van der Waals surface area contributed by atoms with Gasteiger partial charge in [0.25, 0.3) is 0 Å². The molecule has 3 aromatic carbocycles. The maximum absolute atomic E-state index is 11.9. The van der Waals surface area contributed by atoms with Gasteiger partial charge in [-0.15, -0.1) is 0 Å². The molecule has 0 aromatic heterocycles. The van der Waals surface area contributed by atoms with E-state index >= 15 is 0 Å². The van der Waals surface area contributed by atoms with Crippen LogP contribution in [0.1, 0.15) is 16.7 Å². The minimum absolute atomic E-state index is 0.169. The van der Waals surface area contributed by atoms with Gasteiger partial charge in [-0.3, -0.25) is 4.79 Å². The first kappa shape index (κ1) is 19.2. The Balaban J connectivity index is 1.56. The Morgan fingerprint density at radius 3 is 2.29 bits per heavy atom. The summed E-state index contributed by atoms with van der Waals surface area (Å²) in [6.45, 7) is 0.459. The molecule has 0 atom stereocenters. The summed E-state index contributed by atoms with van der Waals surface area (Å²) < 4.78 is 11.2. The highest BCUT2D eigenvalue weighted by Crippen LogP contribution is 2.28. The van der Waals surface area contributed by atoms with Crippen LogP contribution in [0.25, 0.3) is 0 Å². The number of hydrazone groups is 1. The molecule has 0 aliphatic carbocycles. The summed E-state index contributed by atoms with van der Waals surface area (Å²) in [5.41, 5.74) is 5.35. The second-order valence-corrected chi connectivity index (χ2v) is 6.14. The van der Waals surface area contributed by atoms with Gasteiger partial charge in [0.1, 0.15) is 6.61 Å². The summed E-state index contributed by atoms with van der Waals surface area (Å²) in [6, 6.07) is 25.0.